The molecular weight excluding hydrogens is 241 g/mol. The Labute approximate surface area is 105 Å². The average Bonchev–Trinajstić information content (AvgIpc) is 3.09. The minimum Gasteiger partial charge on any atom is -0.313 e. The van der Waals surface area contributed by atoms with E-state index >= 15 is 0 Å². The highest BCUT2D eigenvalue weighted by atomic mass is 19.2. The van der Waals surface area contributed by atoms with Crippen molar-refractivity contribution in [3.8, 4) is 0 Å². The third-order valence-corrected chi connectivity index (χ3v) is 3.00. The van der Waals surface area contributed by atoms with Crippen LogP contribution in [0.5, 0.6) is 0 Å². The van der Waals surface area contributed by atoms with Crippen LogP contribution in [0.2, 0.25) is 0 Å². The van der Waals surface area contributed by atoms with Crippen LogP contribution in [0, 0.1) is 17.5 Å². The van der Waals surface area contributed by atoms with Crippen LogP contribution in [0.15, 0.2) is 12.1 Å². The molecule has 1 fully saturated rings. The van der Waals surface area contributed by atoms with E-state index in [0.29, 0.717) is 18.2 Å². The first kappa shape index (κ1) is 13.4. The lowest BCUT2D eigenvalue weighted by Crippen LogP contribution is -2.30. The van der Waals surface area contributed by atoms with Crippen molar-refractivity contribution >= 4 is 0 Å². The van der Waals surface area contributed by atoms with Gasteiger partial charge in [0.1, 0.15) is 0 Å². The molecule has 1 aromatic rings. The van der Waals surface area contributed by atoms with Gasteiger partial charge in [0.2, 0.25) is 0 Å². The Kier molecular flexibility index (Phi) is 4.24. The summed E-state index contributed by atoms with van der Waals surface area (Å²) in [6.45, 7) is 2.05. The van der Waals surface area contributed by atoms with E-state index in [-0.39, 0.29) is 0 Å². The van der Waals surface area contributed by atoms with Crippen molar-refractivity contribution in [3.05, 3.63) is 35.1 Å². The maximum Gasteiger partial charge on any atom is 0.194 e. The molecule has 2 nitrogen and oxygen atoms in total. The molecule has 1 N–H and O–H groups in total. The monoisotopic (exact) mass is 258 g/mol. The molecule has 0 aliphatic heterocycles. The first-order chi connectivity index (χ1) is 8.56. The lowest BCUT2D eigenvalue weighted by atomic mass is 10.2. The zero-order valence-electron chi connectivity index (χ0n) is 10.3. The van der Waals surface area contributed by atoms with Crippen molar-refractivity contribution in [3.63, 3.8) is 0 Å². The predicted molar refractivity (Wildman–Crippen MR) is 63.7 cm³/mol. The predicted octanol–water partition coefficient (Wildman–Crippen LogP) is 2.29. The first-order valence-corrected chi connectivity index (χ1v) is 6.11. The first-order valence-electron chi connectivity index (χ1n) is 6.11. The van der Waals surface area contributed by atoms with Crippen LogP contribution in [0.25, 0.3) is 0 Å². The van der Waals surface area contributed by atoms with Crippen molar-refractivity contribution in [2.75, 3.05) is 20.1 Å². The van der Waals surface area contributed by atoms with Crippen molar-refractivity contribution in [2.24, 2.45) is 0 Å². The summed E-state index contributed by atoms with van der Waals surface area (Å²) >= 11 is 0. The summed E-state index contributed by atoms with van der Waals surface area (Å²) in [7, 11) is 1.87. The zero-order chi connectivity index (χ0) is 13.1. The van der Waals surface area contributed by atoms with Gasteiger partial charge in [0, 0.05) is 25.7 Å². The third-order valence-electron chi connectivity index (χ3n) is 3.00. The summed E-state index contributed by atoms with van der Waals surface area (Å²) in [6, 6.07) is 2.74. The summed E-state index contributed by atoms with van der Waals surface area (Å²) in [6.07, 6.45) is 2.47. The van der Waals surface area contributed by atoms with Crippen molar-refractivity contribution in [1.82, 2.24) is 10.2 Å². The van der Waals surface area contributed by atoms with Gasteiger partial charge in [-0.05, 0) is 37.6 Å². The van der Waals surface area contributed by atoms with Gasteiger partial charge in [-0.1, -0.05) is 0 Å². The van der Waals surface area contributed by atoms with Crippen LogP contribution < -0.4 is 5.32 Å². The summed E-state index contributed by atoms with van der Waals surface area (Å²) < 4.78 is 38.8. The van der Waals surface area contributed by atoms with Crippen molar-refractivity contribution in [1.29, 1.82) is 0 Å². The van der Waals surface area contributed by atoms with Gasteiger partial charge in [-0.2, -0.15) is 0 Å². The second-order valence-electron chi connectivity index (χ2n) is 4.84. The third kappa shape index (κ3) is 3.71. The number of likely N-dealkylation sites (N-methyl/N-ethyl adjacent to an activating group) is 1. The summed E-state index contributed by atoms with van der Waals surface area (Å²) in [4.78, 5) is 1.95. The van der Waals surface area contributed by atoms with Crippen LogP contribution in [0.4, 0.5) is 13.2 Å². The standard InChI is InChI=1S/C13H17F3N2/c1-18(5-4-17-10-2-3-10)8-9-6-11(14)13(16)12(15)7-9/h6-7,10,17H,2-5,8H2,1H3. The topological polar surface area (TPSA) is 15.3 Å². The van der Waals surface area contributed by atoms with Crippen LogP contribution >= 0.6 is 0 Å². The van der Waals surface area contributed by atoms with Crippen molar-refractivity contribution < 1.29 is 13.2 Å². The summed E-state index contributed by atoms with van der Waals surface area (Å²) in [5.74, 6) is -3.67. The van der Waals surface area contributed by atoms with Crippen molar-refractivity contribution in [2.45, 2.75) is 25.4 Å². The molecule has 0 radical (unpaired) electrons. The molecule has 5 heteroatoms. The van der Waals surface area contributed by atoms with Crippen LogP contribution in [0.3, 0.4) is 0 Å². The molecular formula is C13H17F3N2. The van der Waals surface area contributed by atoms with Gasteiger partial charge in [0.25, 0.3) is 0 Å². The molecule has 0 heterocycles. The van der Waals surface area contributed by atoms with E-state index in [2.05, 4.69) is 5.32 Å². The summed E-state index contributed by atoms with van der Waals surface area (Å²) in [5.41, 5.74) is 0.445. The van der Waals surface area contributed by atoms with Gasteiger partial charge in [-0.3, -0.25) is 0 Å². The number of hydrogen-bond acceptors (Lipinski definition) is 2. The lowest BCUT2D eigenvalue weighted by Gasteiger charge is -2.17. The molecule has 1 aliphatic rings. The van der Waals surface area contributed by atoms with Gasteiger partial charge in [-0.25, -0.2) is 13.2 Å². The van der Waals surface area contributed by atoms with Gasteiger partial charge in [0.05, 0.1) is 0 Å². The Morgan fingerprint density at radius 2 is 1.83 bits per heavy atom. The molecule has 0 atom stereocenters. The maximum absolute atomic E-state index is 13.0. The SMILES string of the molecule is CN(CCNC1CC1)Cc1cc(F)c(F)c(F)c1. The Morgan fingerprint density at radius 3 is 2.39 bits per heavy atom. The van der Waals surface area contributed by atoms with E-state index in [0.717, 1.165) is 25.2 Å². The van der Waals surface area contributed by atoms with E-state index < -0.39 is 17.5 Å². The number of halogens is 3. The van der Waals surface area contributed by atoms with E-state index in [9.17, 15) is 13.2 Å². The highest BCUT2D eigenvalue weighted by Crippen LogP contribution is 2.18. The number of rotatable bonds is 6. The molecule has 0 bridgehead atoms. The number of hydrogen-bond donors (Lipinski definition) is 1. The minimum atomic E-state index is -1.41. The minimum absolute atomic E-state index is 0.403. The van der Waals surface area contributed by atoms with E-state index in [4.69, 9.17) is 0 Å². The van der Waals surface area contributed by atoms with Gasteiger partial charge in [-0.15, -0.1) is 0 Å². The fourth-order valence-electron chi connectivity index (χ4n) is 1.84. The molecule has 0 saturated heterocycles. The molecule has 2 rings (SSSR count). The Morgan fingerprint density at radius 1 is 1.22 bits per heavy atom. The van der Waals surface area contributed by atoms with Gasteiger partial charge < -0.3 is 10.2 Å². The molecule has 0 unspecified atom stereocenters. The fourth-order valence-corrected chi connectivity index (χ4v) is 1.84. The van der Waals surface area contributed by atoms with Gasteiger partial charge >= 0.3 is 0 Å². The van der Waals surface area contributed by atoms with E-state index in [1.165, 1.54) is 12.8 Å². The fraction of sp³-hybridized carbons (Fsp3) is 0.538. The number of benzene rings is 1. The molecule has 0 aromatic heterocycles. The quantitative estimate of drug-likeness (QED) is 0.788. The molecule has 0 spiro atoms. The van der Waals surface area contributed by atoms with Crippen LogP contribution in [0.1, 0.15) is 18.4 Å². The van der Waals surface area contributed by atoms with Crippen LogP contribution in [-0.4, -0.2) is 31.1 Å². The van der Waals surface area contributed by atoms with Crippen LogP contribution in [-0.2, 0) is 6.54 Å². The van der Waals surface area contributed by atoms with Gasteiger partial charge in [0.15, 0.2) is 17.5 Å². The smallest absolute Gasteiger partial charge is 0.194 e. The second-order valence-corrected chi connectivity index (χ2v) is 4.84. The molecule has 100 valence electrons. The highest BCUT2D eigenvalue weighted by Gasteiger charge is 2.19. The molecule has 0 amide bonds. The molecule has 1 saturated carbocycles. The highest BCUT2D eigenvalue weighted by molar-refractivity contribution is 5.19. The Hall–Kier alpha value is -1.07. The number of nitrogens with one attached hydrogen (secondary N) is 1. The van der Waals surface area contributed by atoms with E-state index in [1.54, 1.807) is 0 Å². The Balaban J connectivity index is 1.83. The average molecular weight is 258 g/mol. The Bertz CT molecular complexity index is 396. The molecule has 18 heavy (non-hydrogen) atoms. The second kappa shape index (κ2) is 5.71. The molecule has 1 aromatic carbocycles. The zero-order valence-corrected chi connectivity index (χ0v) is 10.3. The molecule has 1 aliphatic carbocycles. The number of nitrogens with zero attached hydrogens (tertiary/aromatic N) is 1. The summed E-state index contributed by atoms with van der Waals surface area (Å²) in [5, 5.41) is 3.36. The maximum atomic E-state index is 13.0. The largest absolute Gasteiger partial charge is 0.313 e. The normalized spacial score (nSPS) is 15.4. The van der Waals surface area contributed by atoms with E-state index in [1.807, 2.05) is 11.9 Å². The lowest BCUT2D eigenvalue weighted by molar-refractivity contribution is 0.321.